The molecular weight excluding hydrogens is 248 g/mol. The van der Waals surface area contributed by atoms with Gasteiger partial charge < -0.3 is 10.2 Å². The molecule has 0 aliphatic heterocycles. The number of benzene rings is 2. The molecule has 0 aliphatic rings. The van der Waals surface area contributed by atoms with E-state index in [4.69, 9.17) is 0 Å². The SMILES string of the molecule is CN(C)c1ccc(NC(=O)/C=C/c2ccccc2)cc1.[HH]. The Bertz CT molecular complexity index is 592. The third kappa shape index (κ3) is 3.99. The van der Waals surface area contributed by atoms with Crippen molar-refractivity contribution in [1.82, 2.24) is 0 Å². The van der Waals surface area contributed by atoms with Gasteiger partial charge in [0.25, 0.3) is 0 Å². The highest BCUT2D eigenvalue weighted by molar-refractivity contribution is 6.01. The van der Waals surface area contributed by atoms with Crippen LogP contribution in [0.25, 0.3) is 6.08 Å². The first kappa shape index (κ1) is 13.9. The first-order valence-electron chi connectivity index (χ1n) is 6.46. The molecule has 3 nitrogen and oxygen atoms in total. The van der Waals surface area contributed by atoms with Gasteiger partial charge in [0, 0.05) is 33.0 Å². The van der Waals surface area contributed by atoms with E-state index in [1.54, 1.807) is 6.08 Å². The van der Waals surface area contributed by atoms with Crippen LogP contribution in [0.15, 0.2) is 60.7 Å². The molecule has 0 aromatic heterocycles. The van der Waals surface area contributed by atoms with Gasteiger partial charge in [-0.15, -0.1) is 0 Å². The number of amides is 1. The third-order valence-corrected chi connectivity index (χ3v) is 2.88. The predicted octanol–water partition coefficient (Wildman–Crippen LogP) is 3.65. The van der Waals surface area contributed by atoms with Gasteiger partial charge in [-0.05, 0) is 35.9 Å². The zero-order valence-electron chi connectivity index (χ0n) is 11.7. The lowest BCUT2D eigenvalue weighted by Crippen LogP contribution is -2.10. The van der Waals surface area contributed by atoms with E-state index in [0.29, 0.717) is 0 Å². The highest BCUT2D eigenvalue weighted by Gasteiger charge is 1.99. The summed E-state index contributed by atoms with van der Waals surface area (Å²) in [6.45, 7) is 0. The molecular formula is C17H20N2O. The highest BCUT2D eigenvalue weighted by Crippen LogP contribution is 2.15. The minimum Gasteiger partial charge on any atom is -0.378 e. The van der Waals surface area contributed by atoms with E-state index in [1.165, 1.54) is 6.08 Å². The Morgan fingerprint density at radius 3 is 2.30 bits per heavy atom. The molecule has 0 unspecified atom stereocenters. The molecule has 0 fully saturated rings. The molecule has 0 saturated heterocycles. The van der Waals surface area contributed by atoms with Crippen molar-refractivity contribution in [3.63, 3.8) is 0 Å². The summed E-state index contributed by atoms with van der Waals surface area (Å²) in [4.78, 5) is 13.8. The molecule has 0 radical (unpaired) electrons. The van der Waals surface area contributed by atoms with Gasteiger partial charge in [0.05, 0.1) is 0 Å². The van der Waals surface area contributed by atoms with Gasteiger partial charge in [-0.3, -0.25) is 4.79 Å². The van der Waals surface area contributed by atoms with Crippen LogP contribution < -0.4 is 10.2 Å². The van der Waals surface area contributed by atoms with Crippen LogP contribution in [0.5, 0.6) is 0 Å². The summed E-state index contributed by atoms with van der Waals surface area (Å²) in [5, 5.41) is 2.83. The second-order valence-corrected chi connectivity index (χ2v) is 4.67. The number of anilines is 2. The van der Waals surface area contributed by atoms with E-state index in [2.05, 4.69) is 5.32 Å². The summed E-state index contributed by atoms with van der Waals surface area (Å²) in [5.74, 6) is -0.133. The zero-order chi connectivity index (χ0) is 14.4. The fraction of sp³-hybridized carbons (Fsp3) is 0.118. The van der Waals surface area contributed by atoms with Crippen LogP contribution in [-0.4, -0.2) is 20.0 Å². The third-order valence-electron chi connectivity index (χ3n) is 2.88. The van der Waals surface area contributed by atoms with Crippen molar-refractivity contribution in [1.29, 1.82) is 0 Å². The van der Waals surface area contributed by atoms with Crippen LogP contribution in [0.1, 0.15) is 6.99 Å². The number of rotatable bonds is 4. The summed E-state index contributed by atoms with van der Waals surface area (Å²) >= 11 is 0. The fourth-order valence-corrected chi connectivity index (χ4v) is 1.76. The molecule has 1 amide bonds. The predicted molar refractivity (Wildman–Crippen MR) is 87.0 cm³/mol. The number of hydrogen-bond donors (Lipinski definition) is 1. The Hall–Kier alpha value is -2.55. The summed E-state index contributed by atoms with van der Waals surface area (Å²) in [5.41, 5.74) is 2.90. The Morgan fingerprint density at radius 1 is 1.05 bits per heavy atom. The number of hydrogen-bond acceptors (Lipinski definition) is 2. The van der Waals surface area contributed by atoms with Gasteiger partial charge in [0.2, 0.25) is 5.91 Å². The normalized spacial score (nSPS) is 10.5. The van der Waals surface area contributed by atoms with Crippen molar-refractivity contribution in [2.24, 2.45) is 0 Å². The summed E-state index contributed by atoms with van der Waals surface area (Å²) < 4.78 is 0. The lowest BCUT2D eigenvalue weighted by atomic mass is 10.2. The van der Waals surface area contributed by atoms with Crippen molar-refractivity contribution >= 4 is 23.4 Å². The minimum absolute atomic E-state index is 0. The molecule has 1 N–H and O–H groups in total. The second kappa shape index (κ2) is 6.57. The van der Waals surface area contributed by atoms with E-state index in [9.17, 15) is 4.79 Å². The Morgan fingerprint density at radius 2 is 1.70 bits per heavy atom. The number of carbonyl (C=O) groups excluding carboxylic acids is 1. The van der Waals surface area contributed by atoms with Gasteiger partial charge in [-0.25, -0.2) is 0 Å². The van der Waals surface area contributed by atoms with Crippen molar-refractivity contribution in [2.45, 2.75) is 0 Å². The van der Waals surface area contributed by atoms with E-state index < -0.39 is 0 Å². The molecule has 20 heavy (non-hydrogen) atoms. The second-order valence-electron chi connectivity index (χ2n) is 4.67. The maximum atomic E-state index is 11.8. The Kier molecular flexibility index (Phi) is 4.56. The minimum atomic E-state index is -0.133. The standard InChI is InChI=1S/C17H18N2O.H2/c1-19(2)16-11-9-15(10-12-16)18-17(20)13-8-14-6-4-3-5-7-14;/h3-13H,1-2H3,(H,18,20);1H/b13-8+;. The van der Waals surface area contributed by atoms with E-state index in [-0.39, 0.29) is 7.33 Å². The molecule has 0 heterocycles. The van der Waals surface area contributed by atoms with Gasteiger partial charge in [-0.1, -0.05) is 30.3 Å². The van der Waals surface area contributed by atoms with E-state index in [1.807, 2.05) is 73.6 Å². The molecule has 0 atom stereocenters. The van der Waals surface area contributed by atoms with Gasteiger partial charge in [0.15, 0.2) is 0 Å². The zero-order valence-corrected chi connectivity index (χ0v) is 11.7. The van der Waals surface area contributed by atoms with Crippen LogP contribution in [-0.2, 0) is 4.79 Å². The van der Waals surface area contributed by atoms with Crippen LogP contribution in [0.2, 0.25) is 0 Å². The summed E-state index contributed by atoms with van der Waals surface area (Å²) in [7, 11) is 3.96. The maximum Gasteiger partial charge on any atom is 0.248 e. The molecule has 2 aromatic rings. The molecule has 0 aliphatic carbocycles. The molecule has 0 saturated carbocycles. The average Bonchev–Trinajstić information content (AvgIpc) is 2.47. The van der Waals surface area contributed by atoms with Gasteiger partial charge >= 0.3 is 0 Å². The van der Waals surface area contributed by atoms with Gasteiger partial charge in [-0.2, -0.15) is 0 Å². The molecule has 104 valence electrons. The lowest BCUT2D eigenvalue weighted by molar-refractivity contribution is -0.111. The molecule has 2 aromatic carbocycles. The monoisotopic (exact) mass is 268 g/mol. The van der Waals surface area contributed by atoms with Crippen molar-refractivity contribution < 1.29 is 6.22 Å². The number of carbonyl (C=O) groups is 1. The van der Waals surface area contributed by atoms with Crippen LogP contribution in [0.3, 0.4) is 0 Å². The molecule has 0 spiro atoms. The molecule has 3 heteroatoms. The number of nitrogens with zero attached hydrogens (tertiary/aromatic N) is 1. The van der Waals surface area contributed by atoms with Crippen LogP contribution >= 0.6 is 0 Å². The topological polar surface area (TPSA) is 32.3 Å². The smallest absolute Gasteiger partial charge is 0.248 e. The lowest BCUT2D eigenvalue weighted by Gasteiger charge is -2.12. The largest absolute Gasteiger partial charge is 0.378 e. The van der Waals surface area contributed by atoms with Crippen molar-refractivity contribution in [3.05, 3.63) is 66.2 Å². The maximum absolute atomic E-state index is 11.8. The quantitative estimate of drug-likeness (QED) is 0.858. The average molecular weight is 268 g/mol. The number of nitrogens with one attached hydrogen (secondary N) is 1. The first-order chi connectivity index (χ1) is 9.65. The fourth-order valence-electron chi connectivity index (χ4n) is 1.76. The Balaban J connectivity index is 0.00000220. The molecule has 0 bridgehead atoms. The Labute approximate surface area is 121 Å². The van der Waals surface area contributed by atoms with Crippen molar-refractivity contribution in [2.75, 3.05) is 24.3 Å². The van der Waals surface area contributed by atoms with E-state index >= 15 is 0 Å². The van der Waals surface area contributed by atoms with E-state index in [0.717, 1.165) is 16.9 Å². The van der Waals surface area contributed by atoms with Crippen LogP contribution in [0, 0.1) is 0 Å². The van der Waals surface area contributed by atoms with Gasteiger partial charge in [0.1, 0.15) is 0 Å². The highest BCUT2D eigenvalue weighted by atomic mass is 16.1. The van der Waals surface area contributed by atoms with Crippen molar-refractivity contribution in [3.8, 4) is 0 Å². The summed E-state index contributed by atoms with van der Waals surface area (Å²) in [6.07, 6.45) is 3.33. The molecule has 2 rings (SSSR count). The first-order valence-corrected chi connectivity index (χ1v) is 6.46. The van der Waals surface area contributed by atoms with Crippen LogP contribution in [0.4, 0.5) is 11.4 Å². The summed E-state index contributed by atoms with van der Waals surface area (Å²) in [6, 6.07) is 17.5.